The zero-order valence-corrected chi connectivity index (χ0v) is 15.0. The molecule has 25 heavy (non-hydrogen) atoms. The summed E-state index contributed by atoms with van der Waals surface area (Å²) >= 11 is 0. The van der Waals surface area contributed by atoms with Crippen LogP contribution < -0.4 is 5.32 Å². The second-order valence-electron chi connectivity index (χ2n) is 7.18. The van der Waals surface area contributed by atoms with Crippen LogP contribution in [-0.4, -0.2) is 40.8 Å². The Bertz CT molecular complexity index is 744. The minimum Gasteiger partial charge on any atom is -0.361 e. The molecule has 1 fully saturated rings. The van der Waals surface area contributed by atoms with Crippen molar-refractivity contribution in [1.29, 1.82) is 0 Å². The van der Waals surface area contributed by atoms with Crippen LogP contribution in [0, 0.1) is 5.92 Å². The van der Waals surface area contributed by atoms with E-state index in [0.29, 0.717) is 12.8 Å². The second kappa shape index (κ2) is 7.72. The molecule has 134 valence electrons. The molecule has 1 aromatic heterocycles. The van der Waals surface area contributed by atoms with Gasteiger partial charge in [0.2, 0.25) is 11.8 Å². The molecule has 2 N–H and O–H groups in total. The maximum Gasteiger partial charge on any atom is 0.245 e. The highest BCUT2D eigenvalue weighted by molar-refractivity contribution is 5.88. The van der Waals surface area contributed by atoms with Crippen molar-refractivity contribution >= 4 is 22.7 Å². The van der Waals surface area contributed by atoms with Crippen molar-refractivity contribution in [1.82, 2.24) is 15.2 Å². The summed E-state index contributed by atoms with van der Waals surface area (Å²) in [7, 11) is 0. The Morgan fingerprint density at radius 2 is 1.92 bits per heavy atom. The molecule has 3 rings (SSSR count). The van der Waals surface area contributed by atoms with Gasteiger partial charge in [-0.15, -0.1) is 0 Å². The number of nitrogens with zero attached hydrogens (tertiary/aromatic N) is 1. The van der Waals surface area contributed by atoms with Gasteiger partial charge >= 0.3 is 0 Å². The van der Waals surface area contributed by atoms with Crippen LogP contribution >= 0.6 is 0 Å². The Kier molecular flexibility index (Phi) is 5.41. The van der Waals surface area contributed by atoms with Gasteiger partial charge in [-0.05, 0) is 36.8 Å². The normalized spacial score (nSPS) is 15.7. The van der Waals surface area contributed by atoms with E-state index in [4.69, 9.17) is 0 Å². The minimum atomic E-state index is -0.423. The van der Waals surface area contributed by atoms with Crippen LogP contribution in [0.15, 0.2) is 30.5 Å². The Labute approximate surface area is 148 Å². The summed E-state index contributed by atoms with van der Waals surface area (Å²) in [6, 6.07) is 7.67. The standard InChI is InChI=1S/C20H27N3O2/c1-14(2)19(20(25)23-11-5-6-12-23)22-18(24)10-9-15-13-21-17-8-4-3-7-16(15)17/h3-4,7-8,13-14,19,21H,5-6,9-12H2,1-2H3,(H,22,24). The quantitative estimate of drug-likeness (QED) is 0.848. The van der Waals surface area contributed by atoms with Crippen LogP contribution in [0.5, 0.6) is 0 Å². The topological polar surface area (TPSA) is 65.2 Å². The number of likely N-dealkylation sites (tertiary alicyclic amines) is 1. The second-order valence-corrected chi connectivity index (χ2v) is 7.18. The van der Waals surface area contributed by atoms with Gasteiger partial charge in [0.1, 0.15) is 6.04 Å². The molecule has 5 nitrogen and oxygen atoms in total. The fourth-order valence-corrected chi connectivity index (χ4v) is 3.48. The van der Waals surface area contributed by atoms with Gasteiger partial charge in [0.15, 0.2) is 0 Å². The number of hydrogen-bond acceptors (Lipinski definition) is 2. The van der Waals surface area contributed by atoms with E-state index >= 15 is 0 Å². The summed E-state index contributed by atoms with van der Waals surface area (Å²) in [5.74, 6) is 0.0922. The van der Waals surface area contributed by atoms with E-state index < -0.39 is 6.04 Å². The summed E-state index contributed by atoms with van der Waals surface area (Å²) in [5, 5.41) is 4.12. The van der Waals surface area contributed by atoms with E-state index in [2.05, 4.69) is 16.4 Å². The van der Waals surface area contributed by atoms with Gasteiger partial charge in [-0.1, -0.05) is 32.0 Å². The van der Waals surface area contributed by atoms with Crippen LogP contribution in [-0.2, 0) is 16.0 Å². The molecule has 0 bridgehead atoms. The number of nitrogens with one attached hydrogen (secondary N) is 2. The van der Waals surface area contributed by atoms with Gasteiger partial charge in [-0.3, -0.25) is 9.59 Å². The molecule has 1 unspecified atom stereocenters. The van der Waals surface area contributed by atoms with Crippen molar-refractivity contribution in [3.63, 3.8) is 0 Å². The van der Waals surface area contributed by atoms with E-state index in [1.165, 1.54) is 0 Å². The van der Waals surface area contributed by atoms with Crippen LogP contribution in [0.3, 0.4) is 0 Å². The third kappa shape index (κ3) is 4.03. The van der Waals surface area contributed by atoms with Crippen LogP contribution in [0.25, 0.3) is 10.9 Å². The van der Waals surface area contributed by atoms with Gasteiger partial charge in [0.05, 0.1) is 0 Å². The number of amides is 2. The van der Waals surface area contributed by atoms with Crippen LogP contribution in [0.1, 0.15) is 38.7 Å². The number of carbonyl (C=O) groups excluding carboxylic acids is 2. The summed E-state index contributed by atoms with van der Waals surface area (Å²) in [6.07, 6.45) is 5.14. The van der Waals surface area contributed by atoms with Crippen molar-refractivity contribution in [3.05, 3.63) is 36.0 Å². The van der Waals surface area contributed by atoms with Crippen molar-refractivity contribution < 1.29 is 9.59 Å². The molecule has 1 saturated heterocycles. The number of aryl methyl sites for hydroxylation is 1. The number of para-hydroxylation sites is 1. The molecular formula is C20H27N3O2. The molecule has 1 aromatic carbocycles. The molecule has 1 atom stereocenters. The lowest BCUT2D eigenvalue weighted by Crippen LogP contribution is -2.50. The van der Waals surface area contributed by atoms with Gasteiger partial charge in [0, 0.05) is 36.6 Å². The highest BCUT2D eigenvalue weighted by Crippen LogP contribution is 2.19. The SMILES string of the molecule is CC(C)C(NC(=O)CCc1c[nH]c2ccccc12)C(=O)N1CCCC1. The van der Waals surface area contributed by atoms with Gasteiger partial charge in [0.25, 0.3) is 0 Å². The minimum absolute atomic E-state index is 0.0588. The first-order valence-corrected chi connectivity index (χ1v) is 9.19. The van der Waals surface area contributed by atoms with Gasteiger partial charge in [-0.2, -0.15) is 0 Å². The monoisotopic (exact) mass is 341 g/mol. The van der Waals surface area contributed by atoms with Crippen molar-refractivity contribution in [2.24, 2.45) is 5.92 Å². The summed E-state index contributed by atoms with van der Waals surface area (Å²) < 4.78 is 0. The molecule has 0 radical (unpaired) electrons. The first-order valence-electron chi connectivity index (χ1n) is 9.19. The number of hydrogen-bond donors (Lipinski definition) is 2. The Morgan fingerprint density at radius 1 is 1.20 bits per heavy atom. The van der Waals surface area contributed by atoms with E-state index in [9.17, 15) is 9.59 Å². The molecule has 0 saturated carbocycles. The maximum atomic E-state index is 12.6. The van der Waals surface area contributed by atoms with Gasteiger partial charge in [-0.25, -0.2) is 0 Å². The number of benzene rings is 1. The largest absolute Gasteiger partial charge is 0.361 e. The van der Waals surface area contributed by atoms with Crippen molar-refractivity contribution in [2.75, 3.05) is 13.1 Å². The van der Waals surface area contributed by atoms with Gasteiger partial charge < -0.3 is 15.2 Å². The molecule has 2 heterocycles. The van der Waals surface area contributed by atoms with E-state index in [1.807, 2.05) is 43.1 Å². The van der Waals surface area contributed by atoms with Crippen LogP contribution in [0.2, 0.25) is 0 Å². The Morgan fingerprint density at radius 3 is 2.64 bits per heavy atom. The predicted molar refractivity (Wildman–Crippen MR) is 99.2 cm³/mol. The third-order valence-corrected chi connectivity index (χ3v) is 4.96. The fourth-order valence-electron chi connectivity index (χ4n) is 3.48. The van der Waals surface area contributed by atoms with E-state index in [0.717, 1.165) is 42.4 Å². The summed E-state index contributed by atoms with van der Waals surface area (Å²) in [5.41, 5.74) is 2.22. The lowest BCUT2D eigenvalue weighted by Gasteiger charge is -2.26. The molecule has 1 aliphatic heterocycles. The highest BCUT2D eigenvalue weighted by Gasteiger charge is 2.29. The van der Waals surface area contributed by atoms with E-state index in [1.54, 1.807) is 0 Å². The smallest absolute Gasteiger partial charge is 0.245 e. The first kappa shape index (κ1) is 17.5. The Balaban J connectivity index is 1.59. The number of aromatic nitrogens is 1. The zero-order chi connectivity index (χ0) is 17.8. The molecule has 0 spiro atoms. The number of fused-ring (bicyclic) bond motifs is 1. The molecule has 1 aliphatic rings. The molecule has 2 amide bonds. The van der Waals surface area contributed by atoms with E-state index in [-0.39, 0.29) is 17.7 Å². The fraction of sp³-hybridized carbons (Fsp3) is 0.500. The number of rotatable bonds is 6. The lowest BCUT2D eigenvalue weighted by atomic mass is 10.0. The van der Waals surface area contributed by atoms with Crippen molar-refractivity contribution in [3.8, 4) is 0 Å². The molecule has 0 aliphatic carbocycles. The molecule has 5 heteroatoms. The third-order valence-electron chi connectivity index (χ3n) is 4.96. The summed E-state index contributed by atoms with van der Waals surface area (Å²) in [6.45, 7) is 5.59. The van der Waals surface area contributed by atoms with Crippen LogP contribution in [0.4, 0.5) is 0 Å². The predicted octanol–water partition coefficient (Wildman–Crippen LogP) is 2.86. The highest BCUT2D eigenvalue weighted by atomic mass is 16.2. The zero-order valence-electron chi connectivity index (χ0n) is 15.0. The first-order chi connectivity index (χ1) is 12.1. The number of carbonyl (C=O) groups is 2. The number of aromatic amines is 1. The average Bonchev–Trinajstić information content (AvgIpc) is 3.27. The molecular weight excluding hydrogens is 314 g/mol. The maximum absolute atomic E-state index is 12.6. The lowest BCUT2D eigenvalue weighted by molar-refractivity contribution is -0.136. The summed E-state index contributed by atoms with van der Waals surface area (Å²) in [4.78, 5) is 30.2. The number of H-pyrrole nitrogens is 1. The molecule has 2 aromatic rings. The Hall–Kier alpha value is -2.30. The van der Waals surface area contributed by atoms with Crippen molar-refractivity contribution in [2.45, 2.75) is 45.6 Å². The average molecular weight is 341 g/mol.